The minimum absolute atomic E-state index is 0.613. The van der Waals surface area contributed by atoms with Crippen molar-refractivity contribution in [1.29, 1.82) is 0 Å². The summed E-state index contributed by atoms with van der Waals surface area (Å²) in [4.78, 5) is 0. The summed E-state index contributed by atoms with van der Waals surface area (Å²) in [6, 6.07) is 0. The first kappa shape index (κ1) is 11.0. The van der Waals surface area contributed by atoms with Crippen LogP contribution in [-0.4, -0.2) is 8.80 Å². The van der Waals surface area contributed by atoms with Crippen molar-refractivity contribution >= 4 is 8.80 Å². The van der Waals surface area contributed by atoms with Crippen molar-refractivity contribution in [1.82, 2.24) is 0 Å². The van der Waals surface area contributed by atoms with E-state index in [-0.39, 0.29) is 0 Å². The Bertz CT molecular complexity index is 126. The largest absolute Gasteiger partial charge is 0.0929 e. The number of allylic oxidation sites excluding steroid dienone is 2. The van der Waals surface area contributed by atoms with Crippen molar-refractivity contribution in [2.45, 2.75) is 52.6 Å². The molecule has 0 heterocycles. The monoisotopic (exact) mass is 170 g/mol. The summed E-state index contributed by atoms with van der Waals surface area (Å²) in [5.41, 5.74) is 1.82. The van der Waals surface area contributed by atoms with Crippen molar-refractivity contribution in [3.05, 3.63) is 11.3 Å². The molecule has 0 rings (SSSR count). The van der Waals surface area contributed by atoms with Gasteiger partial charge in [-0.2, -0.15) is 0 Å². The standard InChI is InChI=1S/C10H22Si/c1-7-10(6)11(8(2)3)9(4)5/h7-9,11H,1-6H3. The molecule has 0 aromatic rings. The van der Waals surface area contributed by atoms with Gasteiger partial charge in [0.25, 0.3) is 0 Å². The summed E-state index contributed by atoms with van der Waals surface area (Å²) < 4.78 is 0. The van der Waals surface area contributed by atoms with E-state index in [4.69, 9.17) is 0 Å². The first-order chi connectivity index (χ1) is 5.00. The van der Waals surface area contributed by atoms with E-state index in [1.54, 1.807) is 5.20 Å². The van der Waals surface area contributed by atoms with Gasteiger partial charge in [0.05, 0.1) is 8.80 Å². The predicted molar refractivity (Wildman–Crippen MR) is 56.8 cm³/mol. The molecule has 0 radical (unpaired) electrons. The lowest BCUT2D eigenvalue weighted by Crippen LogP contribution is -2.22. The Balaban J connectivity index is 4.35. The molecule has 0 atom stereocenters. The summed E-state index contributed by atoms with van der Waals surface area (Å²) in [5, 5.41) is 1.68. The Labute approximate surface area is 73.3 Å². The molecule has 0 spiro atoms. The van der Waals surface area contributed by atoms with Crippen LogP contribution in [0, 0.1) is 0 Å². The lowest BCUT2D eigenvalue weighted by Gasteiger charge is -2.23. The molecule has 0 aromatic carbocycles. The molecule has 0 N–H and O–H groups in total. The molecule has 0 saturated carbocycles. The molecule has 11 heavy (non-hydrogen) atoms. The summed E-state index contributed by atoms with van der Waals surface area (Å²) in [6.45, 7) is 13.9. The fraction of sp³-hybridized carbons (Fsp3) is 0.800. The van der Waals surface area contributed by atoms with Crippen molar-refractivity contribution in [3.8, 4) is 0 Å². The molecule has 0 aliphatic heterocycles. The van der Waals surface area contributed by atoms with Gasteiger partial charge in [-0.15, -0.1) is 0 Å². The second-order valence-electron chi connectivity index (χ2n) is 4.05. The van der Waals surface area contributed by atoms with E-state index in [2.05, 4.69) is 47.6 Å². The fourth-order valence-corrected chi connectivity index (χ4v) is 6.04. The molecular weight excluding hydrogens is 148 g/mol. The van der Waals surface area contributed by atoms with Gasteiger partial charge in [0.2, 0.25) is 0 Å². The lowest BCUT2D eigenvalue weighted by atomic mass is 10.5. The second kappa shape index (κ2) is 4.76. The Morgan fingerprint density at radius 1 is 1.09 bits per heavy atom. The van der Waals surface area contributed by atoms with Crippen LogP contribution in [0.4, 0.5) is 0 Å². The molecule has 0 amide bonds. The molecule has 0 aliphatic carbocycles. The van der Waals surface area contributed by atoms with Gasteiger partial charge in [0.15, 0.2) is 0 Å². The molecule has 66 valence electrons. The fourth-order valence-electron chi connectivity index (χ4n) is 2.01. The van der Waals surface area contributed by atoms with Gasteiger partial charge in [0.1, 0.15) is 0 Å². The maximum Gasteiger partial charge on any atom is 0.0699 e. The topological polar surface area (TPSA) is 0 Å². The van der Waals surface area contributed by atoms with Crippen LogP contribution in [0.2, 0.25) is 11.1 Å². The van der Waals surface area contributed by atoms with E-state index < -0.39 is 8.80 Å². The van der Waals surface area contributed by atoms with Crippen molar-refractivity contribution in [2.24, 2.45) is 0 Å². The van der Waals surface area contributed by atoms with Gasteiger partial charge < -0.3 is 0 Å². The van der Waals surface area contributed by atoms with Crippen LogP contribution >= 0.6 is 0 Å². The summed E-state index contributed by atoms with van der Waals surface area (Å²) in [6.07, 6.45) is 2.30. The third kappa shape index (κ3) is 3.24. The van der Waals surface area contributed by atoms with E-state index in [1.807, 2.05) is 0 Å². The Morgan fingerprint density at radius 2 is 1.45 bits per heavy atom. The zero-order valence-corrected chi connectivity index (χ0v) is 9.96. The molecule has 0 aromatic heterocycles. The summed E-state index contributed by atoms with van der Waals surface area (Å²) in [5.74, 6) is 0. The molecule has 0 bridgehead atoms. The van der Waals surface area contributed by atoms with Crippen molar-refractivity contribution in [3.63, 3.8) is 0 Å². The highest BCUT2D eigenvalue weighted by Crippen LogP contribution is 2.25. The van der Waals surface area contributed by atoms with E-state index in [9.17, 15) is 0 Å². The van der Waals surface area contributed by atoms with Gasteiger partial charge in [0, 0.05) is 0 Å². The SMILES string of the molecule is CC=C(C)[SiH](C(C)C)C(C)C. The highest BCUT2D eigenvalue weighted by Gasteiger charge is 2.19. The van der Waals surface area contributed by atoms with Gasteiger partial charge in [-0.25, -0.2) is 0 Å². The summed E-state index contributed by atoms with van der Waals surface area (Å²) in [7, 11) is -0.613. The van der Waals surface area contributed by atoms with Gasteiger partial charge >= 0.3 is 0 Å². The normalized spacial score (nSPS) is 13.7. The van der Waals surface area contributed by atoms with Crippen molar-refractivity contribution in [2.75, 3.05) is 0 Å². The van der Waals surface area contributed by atoms with Gasteiger partial charge in [-0.3, -0.25) is 0 Å². The molecule has 1 heteroatoms. The second-order valence-corrected chi connectivity index (χ2v) is 8.68. The highest BCUT2D eigenvalue weighted by molar-refractivity contribution is 6.69. The van der Waals surface area contributed by atoms with Crippen LogP contribution in [0.15, 0.2) is 11.3 Å². The molecular formula is C10H22Si. The maximum absolute atomic E-state index is 2.36. The first-order valence-electron chi connectivity index (χ1n) is 4.63. The number of rotatable bonds is 3. The third-order valence-corrected chi connectivity index (χ3v) is 6.68. The van der Waals surface area contributed by atoms with Gasteiger partial charge in [-0.05, 0) is 24.9 Å². The third-order valence-electron chi connectivity index (χ3n) is 2.42. The number of hydrogen-bond acceptors (Lipinski definition) is 0. The number of hydrogen-bond donors (Lipinski definition) is 0. The zero-order valence-electron chi connectivity index (χ0n) is 8.81. The molecule has 0 unspecified atom stereocenters. The average molecular weight is 170 g/mol. The zero-order chi connectivity index (χ0) is 9.02. The molecule has 0 nitrogen and oxygen atoms in total. The average Bonchev–Trinajstić information content (AvgIpc) is 1.85. The molecule has 0 saturated heterocycles. The molecule has 0 aliphatic rings. The lowest BCUT2D eigenvalue weighted by molar-refractivity contribution is 0.941. The smallest absolute Gasteiger partial charge is 0.0699 e. The summed E-state index contributed by atoms with van der Waals surface area (Å²) >= 11 is 0. The quantitative estimate of drug-likeness (QED) is 0.568. The minimum Gasteiger partial charge on any atom is -0.0929 e. The maximum atomic E-state index is 2.36. The van der Waals surface area contributed by atoms with E-state index in [1.165, 1.54) is 0 Å². The highest BCUT2D eigenvalue weighted by atomic mass is 28.3. The van der Waals surface area contributed by atoms with Crippen LogP contribution in [0.5, 0.6) is 0 Å². The van der Waals surface area contributed by atoms with Crippen LogP contribution in [0.1, 0.15) is 41.5 Å². The Hall–Kier alpha value is -0.0431. The molecule has 0 fully saturated rings. The van der Waals surface area contributed by atoms with Crippen LogP contribution < -0.4 is 0 Å². The van der Waals surface area contributed by atoms with Gasteiger partial charge in [-0.1, -0.05) is 39.0 Å². The Kier molecular flexibility index (Phi) is 4.74. The van der Waals surface area contributed by atoms with E-state index >= 15 is 0 Å². The van der Waals surface area contributed by atoms with Crippen LogP contribution in [0.3, 0.4) is 0 Å². The predicted octanol–water partition coefficient (Wildman–Crippen LogP) is 3.54. The van der Waals surface area contributed by atoms with E-state index in [0.717, 1.165) is 11.1 Å². The van der Waals surface area contributed by atoms with Crippen molar-refractivity contribution < 1.29 is 0 Å². The van der Waals surface area contributed by atoms with Crippen LogP contribution in [0.25, 0.3) is 0 Å². The Morgan fingerprint density at radius 3 is 1.55 bits per heavy atom. The van der Waals surface area contributed by atoms with E-state index in [0.29, 0.717) is 0 Å². The first-order valence-corrected chi connectivity index (χ1v) is 6.54. The minimum atomic E-state index is -0.613. The van der Waals surface area contributed by atoms with Crippen LogP contribution in [-0.2, 0) is 0 Å².